The van der Waals surface area contributed by atoms with Crippen molar-refractivity contribution >= 4 is 10.4 Å². The Bertz CT molecular complexity index is 311. The van der Waals surface area contributed by atoms with E-state index in [4.69, 9.17) is 9.29 Å². The van der Waals surface area contributed by atoms with Gasteiger partial charge in [-0.1, -0.05) is 20.8 Å². The van der Waals surface area contributed by atoms with Crippen molar-refractivity contribution in [2.24, 2.45) is 5.92 Å². The Morgan fingerprint density at radius 1 is 1.41 bits per heavy atom. The van der Waals surface area contributed by atoms with Crippen LogP contribution in [0.2, 0.25) is 0 Å². The lowest BCUT2D eigenvalue weighted by atomic mass is 9.93. The van der Waals surface area contributed by atoms with Crippen molar-refractivity contribution in [3.8, 4) is 0 Å². The first-order valence-electron chi connectivity index (χ1n) is 5.39. The summed E-state index contributed by atoms with van der Waals surface area (Å²) in [6.07, 6.45) is -0.929. The summed E-state index contributed by atoms with van der Waals surface area (Å²) in [6, 6.07) is 0. The quantitative estimate of drug-likeness (QED) is 0.487. The lowest BCUT2D eigenvalue weighted by Crippen LogP contribution is -2.48. The first kappa shape index (κ1) is 16.8. The largest absolute Gasteiger partial charge is 0.397 e. The molecule has 0 bridgehead atoms. The minimum atomic E-state index is -4.52. The Balaban J connectivity index is 0.00000121. The maximum Gasteiger partial charge on any atom is 0.397 e. The highest BCUT2D eigenvalue weighted by atomic mass is 32.3. The summed E-state index contributed by atoms with van der Waals surface area (Å²) in [5.74, 6) is -2.36. The van der Waals surface area contributed by atoms with Crippen molar-refractivity contribution in [3.05, 3.63) is 0 Å². The average Bonchev–Trinajstić information content (AvgIpc) is 2.22. The van der Waals surface area contributed by atoms with Crippen LogP contribution in [0, 0.1) is 5.92 Å². The summed E-state index contributed by atoms with van der Waals surface area (Å²) in [5, 5.41) is 18.9. The monoisotopic (exact) mass is 272 g/mol. The van der Waals surface area contributed by atoms with Gasteiger partial charge in [0.2, 0.25) is 0 Å². The molecule has 0 radical (unpaired) electrons. The van der Waals surface area contributed by atoms with Gasteiger partial charge < -0.3 is 14.9 Å². The van der Waals surface area contributed by atoms with Crippen LogP contribution in [-0.2, 0) is 19.3 Å². The molecule has 1 aliphatic rings. The zero-order valence-electron chi connectivity index (χ0n) is 10.2. The standard InChI is InChI=1S/C7H14O7S.C2H6/c1-5-3-13-6(2-7(5,8)9)4-14-15(10,11)12;1-2/h5-6,8-9H,2-4H2,1H3,(H,10,11,12);1-2H3. The molecule has 8 heteroatoms. The molecule has 7 nitrogen and oxygen atoms in total. The van der Waals surface area contributed by atoms with Gasteiger partial charge in [0.1, 0.15) is 0 Å². The molecule has 1 saturated heterocycles. The number of ether oxygens (including phenoxy) is 1. The molecule has 3 N–H and O–H groups in total. The van der Waals surface area contributed by atoms with Crippen molar-refractivity contribution in [2.75, 3.05) is 13.2 Å². The molecule has 0 aliphatic carbocycles. The molecule has 1 fully saturated rings. The summed E-state index contributed by atoms with van der Waals surface area (Å²) in [7, 11) is -4.52. The molecule has 1 heterocycles. The second kappa shape index (κ2) is 6.62. The van der Waals surface area contributed by atoms with Gasteiger partial charge in [-0.2, -0.15) is 8.42 Å². The Kier molecular flexibility index (Phi) is 6.52. The normalized spacial score (nSPS) is 28.1. The van der Waals surface area contributed by atoms with Crippen LogP contribution in [0.1, 0.15) is 27.2 Å². The van der Waals surface area contributed by atoms with Gasteiger partial charge in [0.15, 0.2) is 5.79 Å². The number of hydrogen-bond acceptors (Lipinski definition) is 6. The SMILES string of the molecule is CC.CC1COC(COS(=O)(=O)O)CC1(O)O. The molecule has 0 spiro atoms. The van der Waals surface area contributed by atoms with E-state index in [1.54, 1.807) is 6.92 Å². The van der Waals surface area contributed by atoms with Gasteiger partial charge in [0.05, 0.1) is 19.3 Å². The average molecular weight is 272 g/mol. The summed E-state index contributed by atoms with van der Waals surface area (Å²) in [4.78, 5) is 0. The fraction of sp³-hybridized carbons (Fsp3) is 1.00. The smallest absolute Gasteiger partial charge is 0.375 e. The van der Waals surface area contributed by atoms with Gasteiger partial charge in [-0.25, -0.2) is 4.18 Å². The zero-order valence-corrected chi connectivity index (χ0v) is 11.0. The highest BCUT2D eigenvalue weighted by Gasteiger charge is 2.39. The summed E-state index contributed by atoms with van der Waals surface area (Å²) in [6.45, 7) is 5.25. The predicted molar refractivity (Wildman–Crippen MR) is 59.5 cm³/mol. The third-order valence-electron chi connectivity index (χ3n) is 2.30. The van der Waals surface area contributed by atoms with Gasteiger partial charge in [-0.3, -0.25) is 4.55 Å². The molecule has 104 valence electrons. The van der Waals surface area contributed by atoms with Crippen LogP contribution in [0.4, 0.5) is 0 Å². The maximum absolute atomic E-state index is 10.3. The van der Waals surface area contributed by atoms with E-state index >= 15 is 0 Å². The summed E-state index contributed by atoms with van der Waals surface area (Å²) in [5.41, 5.74) is 0. The van der Waals surface area contributed by atoms with E-state index in [2.05, 4.69) is 4.18 Å². The molecule has 1 rings (SSSR count). The third kappa shape index (κ3) is 6.29. The minimum absolute atomic E-state index is 0.0898. The molecule has 2 atom stereocenters. The Morgan fingerprint density at radius 3 is 2.35 bits per heavy atom. The fourth-order valence-corrected chi connectivity index (χ4v) is 1.60. The third-order valence-corrected chi connectivity index (χ3v) is 2.74. The van der Waals surface area contributed by atoms with Crippen molar-refractivity contribution in [2.45, 2.75) is 39.1 Å². The molecule has 2 unspecified atom stereocenters. The lowest BCUT2D eigenvalue weighted by Gasteiger charge is -2.37. The van der Waals surface area contributed by atoms with E-state index in [-0.39, 0.29) is 13.0 Å². The second-order valence-electron chi connectivity index (χ2n) is 3.65. The molecule has 17 heavy (non-hydrogen) atoms. The molecule has 0 aromatic rings. The van der Waals surface area contributed by atoms with Crippen LogP contribution in [0.15, 0.2) is 0 Å². The van der Waals surface area contributed by atoms with Crippen molar-refractivity contribution in [1.29, 1.82) is 0 Å². The van der Waals surface area contributed by atoms with E-state index < -0.39 is 34.8 Å². The predicted octanol–water partition coefficient (Wildman–Crippen LogP) is -0.0621. The molecule has 0 amide bonds. The van der Waals surface area contributed by atoms with Crippen LogP contribution in [-0.4, -0.2) is 48.3 Å². The fourth-order valence-electron chi connectivity index (χ4n) is 1.28. The molecule has 0 aromatic carbocycles. The Morgan fingerprint density at radius 2 is 1.94 bits per heavy atom. The van der Waals surface area contributed by atoms with E-state index in [0.717, 1.165) is 0 Å². The highest BCUT2D eigenvalue weighted by molar-refractivity contribution is 7.80. The lowest BCUT2D eigenvalue weighted by molar-refractivity contribution is -0.259. The van der Waals surface area contributed by atoms with Crippen LogP contribution >= 0.6 is 0 Å². The number of aliphatic hydroxyl groups is 2. The molecular weight excluding hydrogens is 252 g/mol. The molecule has 1 aliphatic heterocycles. The Hall–Kier alpha value is -0.250. The first-order valence-corrected chi connectivity index (χ1v) is 6.75. The second-order valence-corrected chi connectivity index (χ2v) is 4.74. The first-order chi connectivity index (χ1) is 7.71. The van der Waals surface area contributed by atoms with Gasteiger partial charge in [-0.15, -0.1) is 0 Å². The highest BCUT2D eigenvalue weighted by Crippen LogP contribution is 2.27. The van der Waals surface area contributed by atoms with Crippen molar-refractivity contribution < 1.29 is 32.1 Å². The molecular formula is C9H20O7S. The number of rotatable bonds is 3. The van der Waals surface area contributed by atoms with Crippen LogP contribution in [0.25, 0.3) is 0 Å². The summed E-state index contributed by atoms with van der Waals surface area (Å²) >= 11 is 0. The topological polar surface area (TPSA) is 113 Å². The van der Waals surface area contributed by atoms with Crippen LogP contribution < -0.4 is 0 Å². The van der Waals surface area contributed by atoms with Crippen LogP contribution in [0.5, 0.6) is 0 Å². The molecule has 0 saturated carbocycles. The van der Waals surface area contributed by atoms with Crippen LogP contribution in [0.3, 0.4) is 0 Å². The van der Waals surface area contributed by atoms with Crippen molar-refractivity contribution in [3.63, 3.8) is 0 Å². The minimum Gasteiger partial charge on any atom is -0.375 e. The molecule has 0 aromatic heterocycles. The van der Waals surface area contributed by atoms with E-state index in [0.29, 0.717) is 0 Å². The zero-order chi connectivity index (χ0) is 13.7. The van der Waals surface area contributed by atoms with Gasteiger partial charge >= 0.3 is 10.4 Å². The maximum atomic E-state index is 10.3. The summed E-state index contributed by atoms with van der Waals surface area (Å²) < 4.78 is 38.0. The van der Waals surface area contributed by atoms with Gasteiger partial charge in [-0.05, 0) is 0 Å². The van der Waals surface area contributed by atoms with Crippen molar-refractivity contribution in [1.82, 2.24) is 0 Å². The van der Waals surface area contributed by atoms with E-state index in [1.807, 2.05) is 13.8 Å². The Labute approximate surface area is 101 Å². The van der Waals surface area contributed by atoms with Gasteiger partial charge in [0.25, 0.3) is 0 Å². The van der Waals surface area contributed by atoms with Gasteiger partial charge in [0, 0.05) is 12.3 Å². The van der Waals surface area contributed by atoms with E-state index in [9.17, 15) is 18.6 Å². The van der Waals surface area contributed by atoms with E-state index in [1.165, 1.54) is 0 Å². The number of hydrogen-bond donors (Lipinski definition) is 3.